The summed E-state index contributed by atoms with van der Waals surface area (Å²) in [5.41, 5.74) is 1.21. The fraction of sp³-hybridized carbons (Fsp3) is 0.455. The van der Waals surface area contributed by atoms with E-state index in [9.17, 15) is 5.11 Å². The van der Waals surface area contributed by atoms with Crippen LogP contribution in [0.4, 0.5) is 0 Å². The maximum absolute atomic E-state index is 9.28. The van der Waals surface area contributed by atoms with Crippen molar-refractivity contribution in [3.05, 3.63) is 34.3 Å². The van der Waals surface area contributed by atoms with Crippen LogP contribution >= 0.6 is 15.9 Å². The van der Waals surface area contributed by atoms with Crippen LogP contribution in [-0.2, 0) is 6.54 Å². The van der Waals surface area contributed by atoms with Crippen LogP contribution < -0.4 is 5.32 Å². The predicted octanol–water partition coefficient (Wildman–Crippen LogP) is 2.31. The summed E-state index contributed by atoms with van der Waals surface area (Å²) in [5, 5.41) is 12.5. The van der Waals surface area contributed by atoms with Crippen LogP contribution in [0.3, 0.4) is 0 Å². The fourth-order valence-corrected chi connectivity index (χ4v) is 1.54. The van der Waals surface area contributed by atoms with Crippen LogP contribution in [-0.4, -0.2) is 17.3 Å². The molecule has 0 aliphatic heterocycles. The topological polar surface area (TPSA) is 32.3 Å². The van der Waals surface area contributed by atoms with Gasteiger partial charge in [0.15, 0.2) is 0 Å². The number of aliphatic hydroxyl groups is 1. The van der Waals surface area contributed by atoms with E-state index in [0.717, 1.165) is 11.0 Å². The molecule has 0 spiro atoms. The summed E-state index contributed by atoms with van der Waals surface area (Å²) in [5.74, 6) is 0. The minimum absolute atomic E-state index is 0.119. The first-order valence-electron chi connectivity index (χ1n) is 4.75. The van der Waals surface area contributed by atoms with Crippen molar-refractivity contribution in [2.45, 2.75) is 32.5 Å². The van der Waals surface area contributed by atoms with Crippen molar-refractivity contribution in [2.24, 2.45) is 0 Å². The van der Waals surface area contributed by atoms with E-state index in [1.807, 2.05) is 19.1 Å². The average Bonchev–Trinajstić information content (AvgIpc) is 2.14. The molecule has 0 fully saturated rings. The summed E-state index contributed by atoms with van der Waals surface area (Å²) in [6, 6.07) is 8.26. The number of hydrogen-bond donors (Lipinski definition) is 2. The Kier molecular flexibility index (Phi) is 4.58. The van der Waals surface area contributed by atoms with Crippen molar-refractivity contribution >= 4 is 15.9 Å². The Labute approximate surface area is 93.5 Å². The van der Waals surface area contributed by atoms with E-state index in [1.165, 1.54) is 5.56 Å². The highest BCUT2D eigenvalue weighted by atomic mass is 79.9. The third-order valence-corrected chi connectivity index (χ3v) is 2.73. The number of halogens is 1. The van der Waals surface area contributed by atoms with Crippen LogP contribution in [0.25, 0.3) is 0 Å². The molecular weight excluding hydrogens is 242 g/mol. The van der Waals surface area contributed by atoms with Gasteiger partial charge in [-0.05, 0) is 31.5 Å². The monoisotopic (exact) mass is 257 g/mol. The molecule has 1 aromatic carbocycles. The van der Waals surface area contributed by atoms with Gasteiger partial charge in [0.2, 0.25) is 0 Å². The molecule has 0 aliphatic rings. The SMILES string of the molecule is CC(O)C(C)NCc1cccc(Br)c1. The van der Waals surface area contributed by atoms with Crippen molar-refractivity contribution in [1.82, 2.24) is 5.32 Å². The van der Waals surface area contributed by atoms with Crippen LogP contribution in [0.1, 0.15) is 19.4 Å². The zero-order valence-electron chi connectivity index (χ0n) is 8.50. The summed E-state index contributed by atoms with van der Waals surface area (Å²) < 4.78 is 1.08. The first-order valence-corrected chi connectivity index (χ1v) is 5.55. The van der Waals surface area contributed by atoms with Crippen molar-refractivity contribution in [1.29, 1.82) is 0 Å². The van der Waals surface area contributed by atoms with Gasteiger partial charge in [-0.25, -0.2) is 0 Å². The standard InChI is InChI=1S/C11H16BrNO/c1-8(9(2)14)13-7-10-4-3-5-11(12)6-10/h3-6,8-9,13-14H,7H2,1-2H3. The summed E-state index contributed by atoms with van der Waals surface area (Å²) >= 11 is 3.42. The molecule has 2 N–H and O–H groups in total. The van der Waals surface area contributed by atoms with Crippen molar-refractivity contribution in [3.63, 3.8) is 0 Å². The maximum Gasteiger partial charge on any atom is 0.0662 e. The summed E-state index contributed by atoms with van der Waals surface area (Å²) in [6.07, 6.45) is -0.317. The molecule has 1 rings (SSSR count). The van der Waals surface area contributed by atoms with Gasteiger partial charge in [-0.1, -0.05) is 28.1 Å². The smallest absolute Gasteiger partial charge is 0.0662 e. The van der Waals surface area contributed by atoms with Gasteiger partial charge >= 0.3 is 0 Å². The highest BCUT2D eigenvalue weighted by Gasteiger charge is 2.06. The average molecular weight is 258 g/mol. The molecule has 3 heteroatoms. The molecular formula is C11H16BrNO. The first-order chi connectivity index (χ1) is 6.59. The largest absolute Gasteiger partial charge is 0.392 e. The number of nitrogens with one attached hydrogen (secondary N) is 1. The molecule has 1 aromatic rings. The molecule has 0 aromatic heterocycles. The maximum atomic E-state index is 9.28. The molecule has 0 saturated carbocycles. The second-order valence-corrected chi connectivity index (χ2v) is 4.46. The highest BCUT2D eigenvalue weighted by molar-refractivity contribution is 9.10. The Bertz CT molecular complexity index is 288. The van der Waals surface area contributed by atoms with E-state index >= 15 is 0 Å². The van der Waals surface area contributed by atoms with Gasteiger partial charge in [-0.2, -0.15) is 0 Å². The Morgan fingerprint density at radius 2 is 2.14 bits per heavy atom. The van der Waals surface area contributed by atoms with Gasteiger partial charge in [0, 0.05) is 17.1 Å². The van der Waals surface area contributed by atoms with Gasteiger partial charge in [0.05, 0.1) is 6.10 Å². The van der Waals surface area contributed by atoms with E-state index in [4.69, 9.17) is 0 Å². The highest BCUT2D eigenvalue weighted by Crippen LogP contribution is 2.11. The van der Waals surface area contributed by atoms with Crippen LogP contribution in [0.5, 0.6) is 0 Å². The predicted molar refractivity (Wildman–Crippen MR) is 62.1 cm³/mol. The Balaban J connectivity index is 2.45. The number of benzene rings is 1. The Morgan fingerprint density at radius 1 is 1.43 bits per heavy atom. The van der Waals surface area contributed by atoms with Gasteiger partial charge in [0.1, 0.15) is 0 Å². The number of rotatable bonds is 4. The van der Waals surface area contributed by atoms with Crippen LogP contribution in [0, 0.1) is 0 Å². The lowest BCUT2D eigenvalue weighted by atomic mass is 10.2. The fourth-order valence-electron chi connectivity index (χ4n) is 1.10. The second-order valence-electron chi connectivity index (χ2n) is 3.54. The van der Waals surface area contributed by atoms with Gasteiger partial charge < -0.3 is 10.4 Å². The van der Waals surface area contributed by atoms with Crippen molar-refractivity contribution < 1.29 is 5.11 Å². The van der Waals surface area contributed by atoms with E-state index in [0.29, 0.717) is 0 Å². The minimum Gasteiger partial charge on any atom is -0.392 e. The zero-order chi connectivity index (χ0) is 10.6. The lowest BCUT2D eigenvalue weighted by Crippen LogP contribution is -2.34. The lowest BCUT2D eigenvalue weighted by Gasteiger charge is -2.16. The van der Waals surface area contributed by atoms with E-state index in [2.05, 4.69) is 33.4 Å². The molecule has 78 valence electrons. The molecule has 2 nitrogen and oxygen atoms in total. The van der Waals surface area contributed by atoms with E-state index in [-0.39, 0.29) is 12.1 Å². The number of aliphatic hydroxyl groups excluding tert-OH is 1. The summed E-state index contributed by atoms with van der Waals surface area (Å²) in [4.78, 5) is 0. The van der Waals surface area contributed by atoms with Gasteiger partial charge in [-0.15, -0.1) is 0 Å². The Morgan fingerprint density at radius 3 is 2.71 bits per heavy atom. The molecule has 2 unspecified atom stereocenters. The Hall–Kier alpha value is -0.380. The van der Waals surface area contributed by atoms with E-state index in [1.54, 1.807) is 6.92 Å². The summed E-state index contributed by atoms with van der Waals surface area (Å²) in [7, 11) is 0. The molecule has 14 heavy (non-hydrogen) atoms. The molecule has 0 saturated heterocycles. The quantitative estimate of drug-likeness (QED) is 0.868. The first kappa shape index (κ1) is 11.7. The molecule has 0 amide bonds. The lowest BCUT2D eigenvalue weighted by molar-refractivity contribution is 0.152. The minimum atomic E-state index is -0.317. The molecule has 0 aliphatic carbocycles. The number of hydrogen-bond acceptors (Lipinski definition) is 2. The molecule has 0 radical (unpaired) electrons. The van der Waals surface area contributed by atoms with Crippen LogP contribution in [0.15, 0.2) is 28.7 Å². The normalized spacial score (nSPS) is 15.1. The van der Waals surface area contributed by atoms with Crippen LogP contribution in [0.2, 0.25) is 0 Å². The van der Waals surface area contributed by atoms with E-state index < -0.39 is 0 Å². The van der Waals surface area contributed by atoms with Crippen molar-refractivity contribution in [2.75, 3.05) is 0 Å². The zero-order valence-corrected chi connectivity index (χ0v) is 10.1. The third-order valence-electron chi connectivity index (χ3n) is 2.24. The third kappa shape index (κ3) is 3.78. The van der Waals surface area contributed by atoms with Gasteiger partial charge in [-0.3, -0.25) is 0 Å². The van der Waals surface area contributed by atoms with Crippen molar-refractivity contribution in [3.8, 4) is 0 Å². The summed E-state index contributed by atoms with van der Waals surface area (Å²) in [6.45, 7) is 4.55. The molecule has 0 bridgehead atoms. The van der Waals surface area contributed by atoms with Gasteiger partial charge in [0.25, 0.3) is 0 Å². The molecule has 0 heterocycles. The second kappa shape index (κ2) is 5.49. The molecule has 2 atom stereocenters.